The first-order valence-electron chi connectivity index (χ1n) is 10.3. The molecule has 2 aromatic carbocycles. The van der Waals surface area contributed by atoms with Gasteiger partial charge in [-0.3, -0.25) is 9.36 Å². The summed E-state index contributed by atoms with van der Waals surface area (Å²) in [6.45, 7) is 6.58. The number of carbonyl (C=O) groups excluding carboxylic acids is 1. The van der Waals surface area contributed by atoms with E-state index in [4.69, 9.17) is 9.47 Å². The topological polar surface area (TPSA) is 82.0 Å². The number of fused-ring (bicyclic) bond motifs is 2. The van der Waals surface area contributed by atoms with Crippen LogP contribution in [0.25, 0.3) is 10.9 Å². The minimum absolute atomic E-state index is 0.0355. The van der Waals surface area contributed by atoms with Gasteiger partial charge in [0.15, 0.2) is 34.4 Å². The first-order chi connectivity index (χ1) is 15.7. The number of hydrogen-bond donors (Lipinski definition) is 1. The highest BCUT2D eigenvalue weighted by Gasteiger charge is 2.29. The lowest BCUT2D eigenvalue weighted by Gasteiger charge is -2.26. The zero-order chi connectivity index (χ0) is 22.1. The van der Waals surface area contributed by atoms with Crippen LogP contribution in [0.15, 0.2) is 72.5 Å². The smallest absolute Gasteiger partial charge is 0.192 e. The summed E-state index contributed by atoms with van der Waals surface area (Å²) in [6, 6.07) is 15.3. The number of H-pyrrole nitrogens is 1. The molecule has 0 radical (unpaired) electrons. The average molecular weight is 447 g/mol. The number of ketones is 1. The number of para-hydroxylation sites is 3. The van der Waals surface area contributed by atoms with Gasteiger partial charge in [0.1, 0.15) is 6.61 Å². The lowest BCUT2D eigenvalue weighted by atomic mass is 10.1. The second-order valence-corrected chi connectivity index (χ2v) is 8.78. The summed E-state index contributed by atoms with van der Waals surface area (Å²) in [4.78, 5) is 16.3. The van der Waals surface area contributed by atoms with Gasteiger partial charge in [0.25, 0.3) is 0 Å². The number of ether oxygens (including phenoxy) is 2. The van der Waals surface area contributed by atoms with Crippen LogP contribution in [-0.4, -0.2) is 37.4 Å². The van der Waals surface area contributed by atoms with E-state index in [0.29, 0.717) is 41.2 Å². The molecule has 0 bridgehead atoms. The third kappa shape index (κ3) is 3.67. The summed E-state index contributed by atoms with van der Waals surface area (Å²) in [6.07, 6.45) is 3.15. The van der Waals surface area contributed by atoms with E-state index in [1.54, 1.807) is 12.3 Å². The molecule has 1 N–H and O–H groups in total. The number of Topliss-reactive ketones (excluding diaryl/α,β-unsaturated/α-hetero) is 1. The molecule has 0 amide bonds. The molecule has 0 unspecified atom stereocenters. The summed E-state index contributed by atoms with van der Waals surface area (Å²) in [5, 5.41) is 9.96. The highest BCUT2D eigenvalue weighted by atomic mass is 32.2. The molecule has 8 heteroatoms. The van der Waals surface area contributed by atoms with Crippen LogP contribution in [0.1, 0.15) is 29.2 Å². The van der Waals surface area contributed by atoms with Crippen molar-refractivity contribution in [3.8, 4) is 11.5 Å². The molecule has 2 atom stereocenters. The molecule has 1 aliphatic heterocycles. The van der Waals surface area contributed by atoms with Crippen molar-refractivity contribution >= 4 is 28.4 Å². The van der Waals surface area contributed by atoms with Gasteiger partial charge in [-0.1, -0.05) is 48.2 Å². The van der Waals surface area contributed by atoms with Gasteiger partial charge in [-0.25, -0.2) is 0 Å². The van der Waals surface area contributed by atoms with Gasteiger partial charge >= 0.3 is 0 Å². The predicted octanol–water partition coefficient (Wildman–Crippen LogP) is 4.82. The van der Waals surface area contributed by atoms with E-state index in [2.05, 4.69) is 21.8 Å². The molecule has 0 fully saturated rings. The molecule has 2 aromatic heterocycles. The van der Waals surface area contributed by atoms with Gasteiger partial charge in [-0.15, -0.1) is 16.8 Å². The van der Waals surface area contributed by atoms with E-state index in [-0.39, 0.29) is 11.0 Å². The van der Waals surface area contributed by atoms with Crippen molar-refractivity contribution < 1.29 is 14.3 Å². The maximum Gasteiger partial charge on any atom is 0.192 e. The minimum Gasteiger partial charge on any atom is -0.485 e. The third-order valence-electron chi connectivity index (χ3n) is 5.36. The molecule has 162 valence electrons. The minimum atomic E-state index is -0.397. The fourth-order valence-corrected chi connectivity index (χ4v) is 4.71. The molecule has 3 heterocycles. The van der Waals surface area contributed by atoms with Crippen molar-refractivity contribution in [2.24, 2.45) is 0 Å². The number of nitrogens with zero attached hydrogens (tertiary/aromatic N) is 3. The first kappa shape index (κ1) is 20.4. The largest absolute Gasteiger partial charge is 0.485 e. The summed E-state index contributed by atoms with van der Waals surface area (Å²) in [7, 11) is 0. The van der Waals surface area contributed by atoms with E-state index in [1.807, 2.05) is 60.0 Å². The van der Waals surface area contributed by atoms with Gasteiger partial charge in [0.05, 0.1) is 5.25 Å². The molecule has 7 nitrogen and oxygen atoms in total. The number of benzene rings is 2. The first-order valence-corrected chi connectivity index (χ1v) is 11.2. The van der Waals surface area contributed by atoms with Crippen molar-refractivity contribution in [2.45, 2.75) is 30.0 Å². The van der Waals surface area contributed by atoms with Crippen LogP contribution in [-0.2, 0) is 6.54 Å². The maximum absolute atomic E-state index is 13.2. The standard InChI is InChI=1S/C24H22N4O3S/c1-3-12-28-23(21-14-30-19-10-6-7-11-20(19)31-21)26-27-24(28)32-15(2)22(29)17-13-25-18-9-5-4-8-16(17)18/h3-11,13,15,21,25H,1,12,14H2,2H3/t15-,21-/m1/s1. The van der Waals surface area contributed by atoms with Crippen LogP contribution in [0.3, 0.4) is 0 Å². The number of nitrogens with one attached hydrogen (secondary N) is 1. The van der Waals surface area contributed by atoms with Gasteiger partial charge in [0.2, 0.25) is 0 Å². The van der Waals surface area contributed by atoms with Crippen molar-refractivity contribution in [1.82, 2.24) is 19.7 Å². The molecular weight excluding hydrogens is 424 g/mol. The number of aromatic amines is 1. The van der Waals surface area contributed by atoms with Crippen LogP contribution >= 0.6 is 11.8 Å². The lowest BCUT2D eigenvalue weighted by Crippen LogP contribution is -2.25. The van der Waals surface area contributed by atoms with Gasteiger partial charge in [-0.05, 0) is 25.1 Å². The zero-order valence-electron chi connectivity index (χ0n) is 17.5. The van der Waals surface area contributed by atoms with Gasteiger partial charge in [0, 0.05) is 29.2 Å². The van der Waals surface area contributed by atoms with E-state index in [1.165, 1.54) is 11.8 Å². The Morgan fingerprint density at radius 2 is 2.03 bits per heavy atom. The van der Waals surface area contributed by atoms with Crippen molar-refractivity contribution in [3.63, 3.8) is 0 Å². The second-order valence-electron chi connectivity index (χ2n) is 7.48. The van der Waals surface area contributed by atoms with E-state index < -0.39 is 6.10 Å². The number of hydrogen-bond acceptors (Lipinski definition) is 6. The fourth-order valence-electron chi connectivity index (χ4n) is 3.78. The molecule has 32 heavy (non-hydrogen) atoms. The Labute approximate surface area is 189 Å². The van der Waals surface area contributed by atoms with Gasteiger partial charge in [-0.2, -0.15) is 0 Å². The van der Waals surface area contributed by atoms with E-state index in [9.17, 15) is 4.79 Å². The average Bonchev–Trinajstić information content (AvgIpc) is 3.43. The molecular formula is C24H22N4O3S. The van der Waals surface area contributed by atoms with E-state index in [0.717, 1.165) is 10.9 Å². The maximum atomic E-state index is 13.2. The van der Waals surface area contributed by atoms with Crippen molar-refractivity contribution in [2.75, 3.05) is 6.61 Å². The number of thioether (sulfide) groups is 1. The summed E-state index contributed by atoms with van der Waals surface area (Å²) < 4.78 is 13.9. The molecule has 0 saturated heterocycles. The van der Waals surface area contributed by atoms with Gasteiger partial charge < -0.3 is 14.5 Å². The Morgan fingerprint density at radius 3 is 2.88 bits per heavy atom. The highest BCUT2D eigenvalue weighted by molar-refractivity contribution is 8.00. The normalized spacial score (nSPS) is 16.1. The SMILES string of the molecule is C=CCn1c(S[C@H](C)C(=O)c2c[nH]c3ccccc23)nnc1[C@H]1COc2ccccc2O1. The summed E-state index contributed by atoms with van der Waals surface area (Å²) >= 11 is 1.38. The van der Waals surface area contributed by atoms with Crippen LogP contribution < -0.4 is 9.47 Å². The highest BCUT2D eigenvalue weighted by Crippen LogP contribution is 2.36. The molecule has 5 rings (SSSR count). The Balaban J connectivity index is 1.39. The zero-order valence-corrected chi connectivity index (χ0v) is 18.3. The molecule has 0 saturated carbocycles. The van der Waals surface area contributed by atoms with Crippen molar-refractivity contribution in [3.05, 3.63) is 78.8 Å². The predicted molar refractivity (Wildman–Crippen MR) is 123 cm³/mol. The number of allylic oxidation sites excluding steroid dienone is 1. The van der Waals surface area contributed by atoms with Crippen molar-refractivity contribution in [1.29, 1.82) is 0 Å². The lowest BCUT2D eigenvalue weighted by molar-refractivity contribution is 0.0821. The molecule has 1 aliphatic rings. The summed E-state index contributed by atoms with van der Waals surface area (Å²) in [5.74, 6) is 2.07. The second kappa shape index (κ2) is 8.55. The molecule has 4 aromatic rings. The van der Waals surface area contributed by atoms with Crippen LogP contribution in [0, 0.1) is 0 Å². The Hall–Kier alpha value is -3.52. The number of aromatic nitrogens is 4. The van der Waals surface area contributed by atoms with E-state index >= 15 is 0 Å². The number of carbonyl (C=O) groups is 1. The van der Waals surface area contributed by atoms with Crippen LogP contribution in [0.2, 0.25) is 0 Å². The Bertz CT molecular complexity index is 1300. The van der Waals surface area contributed by atoms with Crippen LogP contribution in [0.4, 0.5) is 0 Å². The molecule has 0 aliphatic carbocycles. The third-order valence-corrected chi connectivity index (χ3v) is 6.44. The fraction of sp³-hybridized carbons (Fsp3) is 0.208. The Kier molecular flexibility index (Phi) is 5.45. The number of rotatable bonds is 7. The molecule has 0 spiro atoms. The monoisotopic (exact) mass is 446 g/mol. The Morgan fingerprint density at radius 1 is 1.25 bits per heavy atom. The quantitative estimate of drug-likeness (QED) is 0.249. The summed E-state index contributed by atoms with van der Waals surface area (Å²) in [5.41, 5.74) is 1.62. The van der Waals surface area contributed by atoms with Crippen LogP contribution in [0.5, 0.6) is 11.5 Å².